The molecule has 0 fully saturated rings. The van der Waals surface area contributed by atoms with Gasteiger partial charge in [-0.2, -0.15) is 0 Å². The molecule has 1 N–H and O–H groups in total. The van der Waals surface area contributed by atoms with Gasteiger partial charge in [0.15, 0.2) is 5.78 Å². The van der Waals surface area contributed by atoms with Gasteiger partial charge in [-0.05, 0) is 30.0 Å². The number of benzene rings is 1. The summed E-state index contributed by atoms with van der Waals surface area (Å²) >= 11 is 0. The molecule has 0 saturated heterocycles. The highest BCUT2D eigenvalue weighted by Gasteiger charge is 2.22. The van der Waals surface area contributed by atoms with Gasteiger partial charge in [0.2, 0.25) is 0 Å². The SMILES string of the molecule is CC(=O)c1cn(C)c2c(C(=O)O)cc(C(C)(C)C)cc12. The number of ketones is 1. The van der Waals surface area contributed by atoms with Crippen molar-refractivity contribution in [3.8, 4) is 0 Å². The number of carbonyl (C=O) groups is 2. The van der Waals surface area contributed by atoms with Crippen LogP contribution < -0.4 is 0 Å². The van der Waals surface area contributed by atoms with E-state index in [0.717, 1.165) is 5.56 Å². The molecular formula is C16H19NO3. The molecule has 106 valence electrons. The fourth-order valence-corrected chi connectivity index (χ4v) is 2.42. The summed E-state index contributed by atoms with van der Waals surface area (Å²) in [6.07, 6.45) is 1.70. The quantitative estimate of drug-likeness (QED) is 0.853. The second kappa shape index (κ2) is 4.47. The van der Waals surface area contributed by atoms with Gasteiger partial charge in [0.05, 0.1) is 11.1 Å². The van der Waals surface area contributed by atoms with E-state index in [1.807, 2.05) is 26.8 Å². The molecule has 0 saturated carbocycles. The molecule has 4 nitrogen and oxygen atoms in total. The van der Waals surface area contributed by atoms with Gasteiger partial charge in [-0.3, -0.25) is 4.79 Å². The van der Waals surface area contributed by atoms with E-state index in [-0.39, 0.29) is 16.8 Å². The predicted octanol–water partition coefficient (Wildman–Crippen LogP) is 3.38. The molecule has 0 aliphatic rings. The highest BCUT2D eigenvalue weighted by atomic mass is 16.4. The standard InChI is InChI=1S/C16H19NO3/c1-9(18)13-8-17(5)14-11(13)6-10(16(2,3)4)7-12(14)15(19)20/h6-8H,1-5H3,(H,19,20). The Balaban J connectivity index is 2.95. The van der Waals surface area contributed by atoms with Crippen LogP contribution in [0.3, 0.4) is 0 Å². The van der Waals surface area contributed by atoms with E-state index in [9.17, 15) is 14.7 Å². The number of rotatable bonds is 2. The fourth-order valence-electron chi connectivity index (χ4n) is 2.42. The third kappa shape index (κ3) is 2.22. The van der Waals surface area contributed by atoms with Crippen LogP contribution in [0.25, 0.3) is 10.9 Å². The van der Waals surface area contributed by atoms with Gasteiger partial charge in [0, 0.05) is 24.2 Å². The number of fused-ring (bicyclic) bond motifs is 1. The Morgan fingerprint density at radius 2 is 1.75 bits per heavy atom. The average Bonchev–Trinajstić information content (AvgIpc) is 2.65. The molecule has 0 radical (unpaired) electrons. The Bertz CT molecular complexity index is 717. The van der Waals surface area contributed by atoms with Gasteiger partial charge < -0.3 is 9.67 Å². The molecule has 0 aliphatic carbocycles. The molecule has 2 aromatic rings. The molecule has 1 aromatic heterocycles. The van der Waals surface area contributed by atoms with Crippen molar-refractivity contribution in [2.24, 2.45) is 7.05 Å². The summed E-state index contributed by atoms with van der Waals surface area (Å²) in [5, 5.41) is 10.2. The Hall–Kier alpha value is -2.10. The normalized spacial score (nSPS) is 11.8. The predicted molar refractivity (Wildman–Crippen MR) is 78.6 cm³/mol. The second-order valence-electron chi connectivity index (χ2n) is 6.18. The van der Waals surface area contributed by atoms with Crippen molar-refractivity contribution in [2.75, 3.05) is 0 Å². The lowest BCUT2D eigenvalue weighted by Crippen LogP contribution is -2.13. The van der Waals surface area contributed by atoms with Crippen LogP contribution in [0.4, 0.5) is 0 Å². The highest BCUT2D eigenvalue weighted by Crippen LogP contribution is 2.31. The van der Waals surface area contributed by atoms with Crippen LogP contribution in [0.5, 0.6) is 0 Å². The summed E-state index contributed by atoms with van der Waals surface area (Å²) in [7, 11) is 1.76. The van der Waals surface area contributed by atoms with E-state index in [2.05, 4.69) is 0 Å². The third-order valence-corrected chi connectivity index (χ3v) is 3.55. The number of aromatic nitrogens is 1. The summed E-state index contributed by atoms with van der Waals surface area (Å²) in [4.78, 5) is 23.3. The molecule has 0 amide bonds. The zero-order valence-electron chi connectivity index (χ0n) is 12.4. The summed E-state index contributed by atoms with van der Waals surface area (Å²) in [6.45, 7) is 7.57. The summed E-state index contributed by atoms with van der Waals surface area (Å²) in [5.41, 5.74) is 2.13. The van der Waals surface area contributed by atoms with Gasteiger partial charge in [-0.15, -0.1) is 0 Å². The first kappa shape index (κ1) is 14.3. The van der Waals surface area contributed by atoms with Gasteiger partial charge >= 0.3 is 5.97 Å². The topological polar surface area (TPSA) is 59.3 Å². The maximum absolute atomic E-state index is 11.8. The highest BCUT2D eigenvalue weighted by molar-refractivity contribution is 6.12. The van der Waals surface area contributed by atoms with Crippen molar-refractivity contribution in [1.29, 1.82) is 0 Å². The maximum Gasteiger partial charge on any atom is 0.337 e. The summed E-state index contributed by atoms with van der Waals surface area (Å²) in [5.74, 6) is -1.03. The van der Waals surface area contributed by atoms with Crippen molar-refractivity contribution >= 4 is 22.7 Å². The first-order valence-corrected chi connectivity index (χ1v) is 6.50. The molecule has 0 spiro atoms. The number of hydrogen-bond donors (Lipinski definition) is 1. The molecule has 4 heteroatoms. The molecule has 0 aliphatic heterocycles. The number of hydrogen-bond acceptors (Lipinski definition) is 2. The minimum Gasteiger partial charge on any atom is -0.478 e. The van der Waals surface area contributed by atoms with Gasteiger partial charge in [0.25, 0.3) is 0 Å². The second-order valence-corrected chi connectivity index (χ2v) is 6.18. The molecule has 0 atom stereocenters. The van der Waals surface area contributed by atoms with Crippen molar-refractivity contribution < 1.29 is 14.7 Å². The lowest BCUT2D eigenvalue weighted by Gasteiger charge is -2.20. The molecule has 0 bridgehead atoms. The molecule has 0 unspecified atom stereocenters. The van der Waals surface area contributed by atoms with Crippen LogP contribution >= 0.6 is 0 Å². The molecule has 1 aromatic carbocycles. The van der Waals surface area contributed by atoms with E-state index in [1.54, 1.807) is 23.9 Å². The van der Waals surface area contributed by atoms with Crippen molar-refractivity contribution in [3.05, 3.63) is 35.0 Å². The zero-order valence-corrected chi connectivity index (χ0v) is 12.4. The maximum atomic E-state index is 11.8. The zero-order chi connectivity index (χ0) is 15.2. The van der Waals surface area contributed by atoms with E-state index < -0.39 is 5.97 Å². The Labute approximate surface area is 118 Å². The van der Waals surface area contributed by atoms with Crippen LogP contribution in [0.2, 0.25) is 0 Å². The number of carboxylic acid groups (broad SMARTS) is 1. The van der Waals surface area contributed by atoms with Crippen LogP contribution in [0.15, 0.2) is 18.3 Å². The third-order valence-electron chi connectivity index (χ3n) is 3.55. The number of carbonyl (C=O) groups excluding carboxylic acids is 1. The smallest absolute Gasteiger partial charge is 0.337 e. The van der Waals surface area contributed by atoms with E-state index >= 15 is 0 Å². The number of aryl methyl sites for hydroxylation is 1. The number of Topliss-reactive ketones (excluding diaryl/α,β-unsaturated/α-hetero) is 1. The minimum atomic E-state index is -0.975. The summed E-state index contributed by atoms with van der Waals surface area (Å²) < 4.78 is 1.71. The first-order chi connectivity index (χ1) is 9.12. The monoisotopic (exact) mass is 273 g/mol. The van der Waals surface area contributed by atoms with Gasteiger partial charge in [-0.25, -0.2) is 4.79 Å². The molecule has 2 rings (SSSR count). The Morgan fingerprint density at radius 3 is 2.20 bits per heavy atom. The van der Waals surface area contributed by atoms with Crippen molar-refractivity contribution in [3.63, 3.8) is 0 Å². The van der Waals surface area contributed by atoms with Crippen LogP contribution in [-0.4, -0.2) is 21.4 Å². The number of aromatic carboxylic acids is 1. The number of carboxylic acids is 1. The molecule has 1 heterocycles. The largest absolute Gasteiger partial charge is 0.478 e. The van der Waals surface area contributed by atoms with E-state index in [0.29, 0.717) is 16.5 Å². The van der Waals surface area contributed by atoms with Crippen molar-refractivity contribution in [2.45, 2.75) is 33.1 Å². The van der Waals surface area contributed by atoms with E-state index in [1.165, 1.54) is 6.92 Å². The van der Waals surface area contributed by atoms with Crippen LogP contribution in [0.1, 0.15) is 54.0 Å². The number of nitrogens with zero attached hydrogens (tertiary/aromatic N) is 1. The van der Waals surface area contributed by atoms with Crippen molar-refractivity contribution in [1.82, 2.24) is 4.57 Å². The minimum absolute atomic E-state index is 0.0574. The van der Waals surface area contributed by atoms with E-state index in [4.69, 9.17) is 0 Å². The Kier molecular flexibility index (Phi) is 3.20. The van der Waals surface area contributed by atoms with Gasteiger partial charge in [-0.1, -0.05) is 20.8 Å². The lowest BCUT2D eigenvalue weighted by molar-refractivity contribution is 0.0698. The lowest BCUT2D eigenvalue weighted by atomic mass is 9.85. The Morgan fingerprint density at radius 1 is 1.15 bits per heavy atom. The summed E-state index contributed by atoms with van der Waals surface area (Å²) in [6, 6.07) is 3.63. The molecule has 20 heavy (non-hydrogen) atoms. The average molecular weight is 273 g/mol. The molecular weight excluding hydrogens is 254 g/mol. The van der Waals surface area contributed by atoms with Crippen LogP contribution in [-0.2, 0) is 12.5 Å². The van der Waals surface area contributed by atoms with Crippen LogP contribution in [0, 0.1) is 0 Å². The van der Waals surface area contributed by atoms with Gasteiger partial charge in [0.1, 0.15) is 0 Å². The fraction of sp³-hybridized carbons (Fsp3) is 0.375. The first-order valence-electron chi connectivity index (χ1n) is 6.50.